The van der Waals surface area contributed by atoms with Gasteiger partial charge >= 0.3 is 5.69 Å². The zero-order valence-corrected chi connectivity index (χ0v) is 10.6. The lowest BCUT2D eigenvalue weighted by atomic mass is 10.1. The minimum absolute atomic E-state index is 0.157. The number of H-pyrrole nitrogens is 1. The molecule has 4 heteroatoms. The highest BCUT2D eigenvalue weighted by Crippen LogP contribution is 2.18. The van der Waals surface area contributed by atoms with Crippen molar-refractivity contribution in [3.8, 4) is 5.75 Å². The first kappa shape index (κ1) is 11.6. The van der Waals surface area contributed by atoms with E-state index in [1.165, 1.54) is 5.56 Å². The van der Waals surface area contributed by atoms with Gasteiger partial charge in [0.25, 0.3) is 0 Å². The van der Waals surface area contributed by atoms with Gasteiger partial charge in [-0.15, -0.1) is 0 Å². The second-order valence-corrected chi connectivity index (χ2v) is 4.70. The molecule has 3 rings (SSSR count). The third-order valence-corrected chi connectivity index (χ3v) is 3.22. The van der Waals surface area contributed by atoms with Crippen LogP contribution in [0.25, 0.3) is 11.0 Å². The van der Waals surface area contributed by atoms with E-state index in [4.69, 9.17) is 0 Å². The number of aromatic amines is 1. The van der Waals surface area contributed by atoms with Gasteiger partial charge in [0.15, 0.2) is 0 Å². The van der Waals surface area contributed by atoms with Crippen molar-refractivity contribution in [1.29, 1.82) is 0 Å². The second kappa shape index (κ2) is 4.31. The van der Waals surface area contributed by atoms with Gasteiger partial charge in [-0.05, 0) is 24.6 Å². The molecule has 4 nitrogen and oxygen atoms in total. The van der Waals surface area contributed by atoms with E-state index >= 15 is 0 Å². The lowest BCUT2D eigenvalue weighted by Gasteiger charge is -2.04. The number of benzene rings is 2. The zero-order chi connectivity index (χ0) is 13.4. The molecule has 0 bridgehead atoms. The van der Waals surface area contributed by atoms with Crippen LogP contribution in [-0.2, 0) is 6.54 Å². The van der Waals surface area contributed by atoms with Crippen molar-refractivity contribution in [2.45, 2.75) is 13.5 Å². The monoisotopic (exact) mass is 254 g/mol. The minimum atomic E-state index is -0.166. The van der Waals surface area contributed by atoms with Crippen LogP contribution in [0, 0.1) is 6.92 Å². The fourth-order valence-corrected chi connectivity index (χ4v) is 2.17. The lowest BCUT2D eigenvalue weighted by Crippen LogP contribution is -2.17. The number of nitrogens with zero attached hydrogens (tertiary/aromatic N) is 1. The molecule has 0 unspecified atom stereocenters. The van der Waals surface area contributed by atoms with E-state index in [2.05, 4.69) is 4.98 Å². The molecule has 0 atom stereocenters. The summed E-state index contributed by atoms with van der Waals surface area (Å²) in [6.07, 6.45) is 0. The fraction of sp³-hybridized carbons (Fsp3) is 0.133. The normalized spacial score (nSPS) is 11.0. The zero-order valence-electron chi connectivity index (χ0n) is 10.6. The number of fused-ring (bicyclic) bond motifs is 1. The summed E-state index contributed by atoms with van der Waals surface area (Å²) in [4.78, 5) is 14.7. The van der Waals surface area contributed by atoms with E-state index in [1.54, 1.807) is 22.8 Å². The smallest absolute Gasteiger partial charge is 0.326 e. The summed E-state index contributed by atoms with van der Waals surface area (Å²) in [6, 6.07) is 12.9. The molecule has 0 saturated heterocycles. The predicted octanol–water partition coefficient (Wildman–Crippen LogP) is 2.39. The third kappa shape index (κ3) is 2.12. The van der Waals surface area contributed by atoms with Gasteiger partial charge in [0.1, 0.15) is 5.75 Å². The molecule has 0 saturated carbocycles. The molecule has 0 aliphatic rings. The van der Waals surface area contributed by atoms with Gasteiger partial charge in [-0.3, -0.25) is 4.57 Å². The summed E-state index contributed by atoms with van der Waals surface area (Å²) in [6.45, 7) is 2.52. The van der Waals surface area contributed by atoms with Gasteiger partial charge in [-0.1, -0.05) is 29.8 Å². The molecule has 0 spiro atoms. The van der Waals surface area contributed by atoms with Gasteiger partial charge in [-0.2, -0.15) is 0 Å². The van der Waals surface area contributed by atoms with Crippen molar-refractivity contribution < 1.29 is 5.11 Å². The first-order chi connectivity index (χ1) is 9.13. The quantitative estimate of drug-likeness (QED) is 0.737. The van der Waals surface area contributed by atoms with Gasteiger partial charge in [0.2, 0.25) is 0 Å². The minimum Gasteiger partial charge on any atom is -0.508 e. The Hall–Kier alpha value is -2.49. The Balaban J connectivity index is 2.09. The Morgan fingerprint density at radius 2 is 1.89 bits per heavy atom. The number of aromatic nitrogens is 2. The number of imidazole rings is 1. The SMILES string of the molecule is Cc1ccc(Cn2c(=O)[nH]c3ccc(O)cc32)cc1. The number of nitrogens with one attached hydrogen (secondary N) is 1. The number of hydrogen-bond donors (Lipinski definition) is 2. The predicted molar refractivity (Wildman–Crippen MR) is 74.5 cm³/mol. The van der Waals surface area contributed by atoms with Crippen molar-refractivity contribution in [2.75, 3.05) is 0 Å². The van der Waals surface area contributed by atoms with Gasteiger partial charge in [-0.25, -0.2) is 4.79 Å². The molecule has 19 heavy (non-hydrogen) atoms. The summed E-state index contributed by atoms with van der Waals surface area (Å²) in [5, 5.41) is 9.54. The number of aromatic hydroxyl groups is 1. The van der Waals surface area contributed by atoms with E-state index in [0.717, 1.165) is 11.1 Å². The van der Waals surface area contributed by atoms with Gasteiger partial charge in [0, 0.05) is 6.07 Å². The standard InChI is InChI=1S/C15H14N2O2/c1-10-2-4-11(5-3-10)9-17-14-8-12(18)6-7-13(14)16-15(17)19/h2-8,18H,9H2,1H3,(H,16,19). The van der Waals surface area contributed by atoms with E-state index in [0.29, 0.717) is 12.1 Å². The lowest BCUT2D eigenvalue weighted by molar-refractivity contribution is 0.476. The summed E-state index contributed by atoms with van der Waals surface area (Å²) in [5.41, 5.74) is 3.52. The van der Waals surface area contributed by atoms with E-state index in [-0.39, 0.29) is 11.4 Å². The molecular formula is C15H14N2O2. The number of hydrogen-bond acceptors (Lipinski definition) is 2. The number of phenols is 1. The molecule has 2 N–H and O–H groups in total. The molecular weight excluding hydrogens is 240 g/mol. The van der Waals surface area contributed by atoms with Crippen molar-refractivity contribution in [2.24, 2.45) is 0 Å². The maximum absolute atomic E-state index is 11.9. The highest BCUT2D eigenvalue weighted by atomic mass is 16.3. The molecule has 1 aromatic heterocycles. The van der Waals surface area contributed by atoms with Crippen LogP contribution in [0.15, 0.2) is 47.3 Å². The van der Waals surface area contributed by atoms with Crippen molar-refractivity contribution >= 4 is 11.0 Å². The van der Waals surface area contributed by atoms with Crippen LogP contribution in [0.3, 0.4) is 0 Å². The molecule has 1 heterocycles. The first-order valence-electron chi connectivity index (χ1n) is 6.10. The van der Waals surface area contributed by atoms with E-state index < -0.39 is 0 Å². The molecule has 2 aromatic carbocycles. The largest absolute Gasteiger partial charge is 0.508 e. The molecule has 0 radical (unpaired) electrons. The molecule has 0 aliphatic carbocycles. The Labute approximate surface area is 109 Å². The summed E-state index contributed by atoms with van der Waals surface area (Å²) >= 11 is 0. The van der Waals surface area contributed by atoms with E-state index in [1.807, 2.05) is 31.2 Å². The van der Waals surface area contributed by atoms with Crippen LogP contribution in [-0.4, -0.2) is 14.7 Å². The molecule has 0 fully saturated rings. The molecule has 0 aliphatic heterocycles. The van der Waals surface area contributed by atoms with Crippen molar-refractivity contribution in [3.63, 3.8) is 0 Å². The van der Waals surface area contributed by atoms with Crippen LogP contribution in [0.2, 0.25) is 0 Å². The van der Waals surface area contributed by atoms with E-state index in [9.17, 15) is 9.90 Å². The average Bonchev–Trinajstić information content (AvgIpc) is 2.69. The number of rotatable bonds is 2. The molecule has 96 valence electrons. The van der Waals surface area contributed by atoms with Crippen LogP contribution in [0.4, 0.5) is 0 Å². The highest BCUT2D eigenvalue weighted by Gasteiger charge is 2.07. The molecule has 0 amide bonds. The Morgan fingerprint density at radius 1 is 1.16 bits per heavy atom. The topological polar surface area (TPSA) is 58.0 Å². The maximum atomic E-state index is 11.9. The van der Waals surface area contributed by atoms with Crippen LogP contribution < -0.4 is 5.69 Å². The van der Waals surface area contributed by atoms with Crippen LogP contribution in [0.5, 0.6) is 5.75 Å². The van der Waals surface area contributed by atoms with Gasteiger partial charge < -0.3 is 10.1 Å². The van der Waals surface area contributed by atoms with Crippen molar-refractivity contribution in [1.82, 2.24) is 9.55 Å². The first-order valence-corrected chi connectivity index (χ1v) is 6.10. The number of phenolic OH excluding ortho intramolecular Hbond substituents is 1. The van der Waals surface area contributed by atoms with Crippen LogP contribution >= 0.6 is 0 Å². The highest BCUT2D eigenvalue weighted by molar-refractivity contribution is 5.76. The second-order valence-electron chi connectivity index (χ2n) is 4.70. The summed E-state index contributed by atoms with van der Waals surface area (Å²) < 4.78 is 1.62. The molecule has 3 aromatic rings. The summed E-state index contributed by atoms with van der Waals surface area (Å²) in [7, 11) is 0. The fourth-order valence-electron chi connectivity index (χ4n) is 2.17. The van der Waals surface area contributed by atoms with Crippen molar-refractivity contribution in [3.05, 3.63) is 64.1 Å². The van der Waals surface area contributed by atoms with Gasteiger partial charge in [0.05, 0.1) is 17.6 Å². The Bertz CT molecular complexity index is 782. The maximum Gasteiger partial charge on any atom is 0.326 e. The third-order valence-electron chi connectivity index (χ3n) is 3.22. The van der Waals surface area contributed by atoms with Crippen LogP contribution in [0.1, 0.15) is 11.1 Å². The Kier molecular flexibility index (Phi) is 2.63. The number of aryl methyl sites for hydroxylation is 1. The Morgan fingerprint density at radius 3 is 2.63 bits per heavy atom. The average molecular weight is 254 g/mol. The summed E-state index contributed by atoms with van der Waals surface area (Å²) in [5.74, 6) is 0.157.